The smallest absolute Gasteiger partial charge is 0.260 e. The molecule has 4 nitrogen and oxygen atoms in total. The molecular formula is C17H28N2O2. The summed E-state index contributed by atoms with van der Waals surface area (Å²) in [4.78, 5) is 13.8. The molecule has 1 aromatic carbocycles. The normalized spacial score (nSPS) is 10.5. The van der Waals surface area contributed by atoms with Crippen LogP contribution in [0, 0.1) is 6.92 Å². The van der Waals surface area contributed by atoms with Crippen LogP contribution < -0.4 is 10.1 Å². The van der Waals surface area contributed by atoms with Gasteiger partial charge in [0.15, 0.2) is 6.61 Å². The lowest BCUT2D eigenvalue weighted by Crippen LogP contribution is -2.34. The van der Waals surface area contributed by atoms with Crippen molar-refractivity contribution in [1.82, 2.24) is 10.2 Å². The highest BCUT2D eigenvalue weighted by atomic mass is 16.5. The summed E-state index contributed by atoms with van der Waals surface area (Å²) in [6, 6.07) is 6.09. The molecule has 0 saturated carbocycles. The standard InChI is InChI=1S/C17H28N2O2/c1-5-11-18-12-15-10-8-9-14(4)17(15)21-13-16(20)19(6-2)7-3/h8-10,18H,5-7,11-13H2,1-4H3. The molecule has 4 heteroatoms. The zero-order valence-corrected chi connectivity index (χ0v) is 13.7. The van der Waals surface area contributed by atoms with Gasteiger partial charge in [-0.15, -0.1) is 0 Å². The van der Waals surface area contributed by atoms with Crippen LogP contribution in [-0.4, -0.2) is 37.0 Å². The van der Waals surface area contributed by atoms with Crippen LogP contribution in [0.1, 0.15) is 38.3 Å². The number of hydrogen-bond acceptors (Lipinski definition) is 3. The molecule has 21 heavy (non-hydrogen) atoms. The lowest BCUT2D eigenvalue weighted by atomic mass is 10.1. The fraction of sp³-hybridized carbons (Fsp3) is 0.588. The molecule has 0 aromatic heterocycles. The zero-order chi connectivity index (χ0) is 15.7. The lowest BCUT2D eigenvalue weighted by Gasteiger charge is -2.20. The Hall–Kier alpha value is -1.55. The second-order valence-corrected chi connectivity index (χ2v) is 5.09. The van der Waals surface area contributed by atoms with E-state index in [4.69, 9.17) is 4.74 Å². The van der Waals surface area contributed by atoms with Gasteiger partial charge in [-0.3, -0.25) is 4.79 Å². The van der Waals surface area contributed by atoms with E-state index >= 15 is 0 Å². The maximum atomic E-state index is 12.0. The van der Waals surface area contributed by atoms with E-state index < -0.39 is 0 Å². The minimum absolute atomic E-state index is 0.0377. The Bertz CT molecular complexity index is 442. The van der Waals surface area contributed by atoms with Crippen LogP contribution in [0.2, 0.25) is 0 Å². The molecule has 0 saturated heterocycles. The Labute approximate surface area is 128 Å². The molecule has 0 heterocycles. The number of rotatable bonds is 9. The van der Waals surface area contributed by atoms with Gasteiger partial charge in [-0.05, 0) is 39.3 Å². The SMILES string of the molecule is CCCNCc1cccc(C)c1OCC(=O)N(CC)CC. The maximum absolute atomic E-state index is 12.0. The van der Waals surface area contributed by atoms with E-state index in [0.717, 1.165) is 49.5 Å². The van der Waals surface area contributed by atoms with Crippen molar-refractivity contribution in [2.75, 3.05) is 26.2 Å². The zero-order valence-electron chi connectivity index (χ0n) is 13.7. The molecule has 0 atom stereocenters. The summed E-state index contributed by atoms with van der Waals surface area (Å²) in [5.41, 5.74) is 2.17. The van der Waals surface area contributed by atoms with Crippen LogP contribution in [-0.2, 0) is 11.3 Å². The van der Waals surface area contributed by atoms with Crippen molar-refractivity contribution in [3.05, 3.63) is 29.3 Å². The largest absolute Gasteiger partial charge is 0.483 e. The summed E-state index contributed by atoms with van der Waals surface area (Å²) in [7, 11) is 0. The van der Waals surface area contributed by atoms with Crippen LogP contribution in [0.4, 0.5) is 0 Å². The first kappa shape index (κ1) is 17.5. The van der Waals surface area contributed by atoms with Crippen molar-refractivity contribution in [3.63, 3.8) is 0 Å². The molecule has 0 aliphatic heterocycles. The predicted molar refractivity (Wildman–Crippen MR) is 86.6 cm³/mol. The van der Waals surface area contributed by atoms with E-state index in [9.17, 15) is 4.79 Å². The molecule has 0 bridgehead atoms. The second-order valence-electron chi connectivity index (χ2n) is 5.09. The highest BCUT2D eigenvalue weighted by Crippen LogP contribution is 2.23. The topological polar surface area (TPSA) is 41.6 Å². The number of likely N-dealkylation sites (N-methyl/N-ethyl adjacent to an activating group) is 1. The first-order valence-corrected chi connectivity index (χ1v) is 7.83. The quantitative estimate of drug-likeness (QED) is 0.712. The monoisotopic (exact) mass is 292 g/mol. The van der Waals surface area contributed by atoms with Crippen molar-refractivity contribution < 1.29 is 9.53 Å². The van der Waals surface area contributed by atoms with E-state index in [1.807, 2.05) is 39.0 Å². The van der Waals surface area contributed by atoms with E-state index in [-0.39, 0.29) is 12.5 Å². The number of para-hydroxylation sites is 1. The van der Waals surface area contributed by atoms with Crippen molar-refractivity contribution in [2.24, 2.45) is 0 Å². The van der Waals surface area contributed by atoms with Gasteiger partial charge in [0.2, 0.25) is 0 Å². The lowest BCUT2D eigenvalue weighted by molar-refractivity contribution is -0.132. The van der Waals surface area contributed by atoms with Crippen molar-refractivity contribution in [3.8, 4) is 5.75 Å². The van der Waals surface area contributed by atoms with Crippen molar-refractivity contribution >= 4 is 5.91 Å². The molecule has 1 N–H and O–H groups in total. The molecule has 0 fully saturated rings. The summed E-state index contributed by atoms with van der Waals surface area (Å²) in [5, 5.41) is 3.38. The van der Waals surface area contributed by atoms with Crippen LogP contribution in [0.25, 0.3) is 0 Å². The van der Waals surface area contributed by atoms with E-state index in [1.165, 1.54) is 0 Å². The molecule has 0 aliphatic carbocycles. The number of nitrogens with one attached hydrogen (secondary N) is 1. The maximum Gasteiger partial charge on any atom is 0.260 e. The minimum Gasteiger partial charge on any atom is -0.483 e. The molecule has 0 radical (unpaired) electrons. The molecule has 1 rings (SSSR count). The van der Waals surface area contributed by atoms with Gasteiger partial charge < -0.3 is 15.0 Å². The van der Waals surface area contributed by atoms with E-state index in [0.29, 0.717) is 0 Å². The average Bonchev–Trinajstić information content (AvgIpc) is 2.48. The molecule has 0 spiro atoms. The van der Waals surface area contributed by atoms with E-state index in [1.54, 1.807) is 4.90 Å². The third kappa shape index (κ3) is 5.38. The highest BCUT2D eigenvalue weighted by Gasteiger charge is 2.13. The Morgan fingerprint density at radius 1 is 1.24 bits per heavy atom. The summed E-state index contributed by atoms with van der Waals surface area (Å²) < 4.78 is 5.81. The van der Waals surface area contributed by atoms with Crippen LogP contribution in [0.15, 0.2) is 18.2 Å². The number of amides is 1. The van der Waals surface area contributed by atoms with E-state index in [2.05, 4.69) is 12.2 Å². The van der Waals surface area contributed by atoms with Crippen LogP contribution in [0.3, 0.4) is 0 Å². The van der Waals surface area contributed by atoms with Crippen LogP contribution in [0.5, 0.6) is 5.75 Å². The average molecular weight is 292 g/mol. The fourth-order valence-corrected chi connectivity index (χ4v) is 2.26. The predicted octanol–water partition coefficient (Wildman–Crippen LogP) is 2.74. The molecule has 0 aliphatic rings. The Morgan fingerprint density at radius 3 is 2.57 bits per heavy atom. The third-order valence-corrected chi connectivity index (χ3v) is 3.49. The summed E-state index contributed by atoms with van der Waals surface area (Å²) >= 11 is 0. The van der Waals surface area contributed by atoms with Gasteiger partial charge in [0.1, 0.15) is 5.75 Å². The van der Waals surface area contributed by atoms with Crippen molar-refractivity contribution in [2.45, 2.75) is 40.7 Å². The van der Waals surface area contributed by atoms with Gasteiger partial charge in [0, 0.05) is 25.2 Å². The number of carbonyl (C=O) groups is 1. The summed E-state index contributed by atoms with van der Waals surface area (Å²) in [6.45, 7) is 11.4. The van der Waals surface area contributed by atoms with Crippen molar-refractivity contribution in [1.29, 1.82) is 0 Å². The van der Waals surface area contributed by atoms with Gasteiger partial charge in [-0.25, -0.2) is 0 Å². The van der Waals surface area contributed by atoms with Gasteiger partial charge in [0.05, 0.1) is 0 Å². The molecule has 1 aromatic rings. The minimum atomic E-state index is 0.0377. The number of ether oxygens (including phenoxy) is 1. The Balaban J connectivity index is 2.70. The first-order valence-electron chi connectivity index (χ1n) is 7.83. The van der Waals surface area contributed by atoms with Gasteiger partial charge >= 0.3 is 0 Å². The summed E-state index contributed by atoms with van der Waals surface area (Å²) in [6.07, 6.45) is 1.10. The molecular weight excluding hydrogens is 264 g/mol. The molecule has 1 amide bonds. The molecule has 0 unspecified atom stereocenters. The van der Waals surface area contributed by atoms with Gasteiger partial charge in [-0.1, -0.05) is 25.1 Å². The number of aryl methyl sites for hydroxylation is 1. The second kappa shape index (κ2) is 9.40. The Kier molecular flexibility index (Phi) is 7.83. The number of carbonyl (C=O) groups excluding carboxylic acids is 1. The number of hydrogen-bond donors (Lipinski definition) is 1. The molecule has 118 valence electrons. The first-order chi connectivity index (χ1) is 10.1. The fourth-order valence-electron chi connectivity index (χ4n) is 2.26. The summed E-state index contributed by atoms with van der Waals surface area (Å²) in [5.74, 6) is 0.873. The van der Waals surface area contributed by atoms with Gasteiger partial charge in [-0.2, -0.15) is 0 Å². The number of nitrogens with zero attached hydrogens (tertiary/aromatic N) is 1. The Morgan fingerprint density at radius 2 is 1.95 bits per heavy atom. The number of benzene rings is 1. The highest BCUT2D eigenvalue weighted by molar-refractivity contribution is 5.77. The van der Waals surface area contributed by atoms with Crippen LogP contribution >= 0.6 is 0 Å². The third-order valence-electron chi connectivity index (χ3n) is 3.49. The van der Waals surface area contributed by atoms with Gasteiger partial charge in [0.25, 0.3) is 5.91 Å².